The van der Waals surface area contributed by atoms with Crippen molar-refractivity contribution >= 4 is 0 Å². The van der Waals surface area contributed by atoms with Gasteiger partial charge in [0.15, 0.2) is 0 Å². The molecule has 0 fully saturated rings. The Morgan fingerprint density at radius 1 is 0.900 bits per heavy atom. The molecular formula is C19H25N. The van der Waals surface area contributed by atoms with Crippen molar-refractivity contribution in [1.82, 2.24) is 5.32 Å². The summed E-state index contributed by atoms with van der Waals surface area (Å²) in [4.78, 5) is 0. The van der Waals surface area contributed by atoms with Gasteiger partial charge in [-0.25, -0.2) is 0 Å². The van der Waals surface area contributed by atoms with Gasteiger partial charge >= 0.3 is 0 Å². The Labute approximate surface area is 123 Å². The van der Waals surface area contributed by atoms with Crippen LogP contribution < -0.4 is 5.32 Å². The fraction of sp³-hybridized carbons (Fsp3) is 0.368. The normalized spacial score (nSPS) is 13.2. The van der Waals surface area contributed by atoms with E-state index in [0.29, 0.717) is 6.04 Å². The van der Waals surface area contributed by atoms with Crippen LogP contribution in [0.2, 0.25) is 0 Å². The SMILES string of the molecule is CNC(C)CC(C)(C)c1ccc(-c2ccccc2)cc1. The molecule has 0 saturated heterocycles. The molecule has 0 spiro atoms. The minimum Gasteiger partial charge on any atom is -0.317 e. The molecule has 0 aliphatic carbocycles. The van der Waals surface area contributed by atoms with Crippen molar-refractivity contribution in [3.63, 3.8) is 0 Å². The second-order valence-electron chi connectivity index (χ2n) is 6.22. The number of hydrogen-bond acceptors (Lipinski definition) is 1. The van der Waals surface area contributed by atoms with Gasteiger partial charge in [-0.3, -0.25) is 0 Å². The maximum Gasteiger partial charge on any atom is 0.00440 e. The van der Waals surface area contributed by atoms with Crippen LogP contribution in [-0.2, 0) is 5.41 Å². The third-order valence-electron chi connectivity index (χ3n) is 4.08. The van der Waals surface area contributed by atoms with Crippen molar-refractivity contribution in [2.24, 2.45) is 0 Å². The standard InChI is InChI=1S/C19H25N/c1-15(20-4)14-19(2,3)18-12-10-17(11-13-18)16-8-6-5-7-9-16/h5-13,15,20H,14H2,1-4H3. The van der Waals surface area contributed by atoms with Crippen molar-refractivity contribution in [3.8, 4) is 11.1 Å². The van der Waals surface area contributed by atoms with Crippen LogP contribution in [0.4, 0.5) is 0 Å². The maximum atomic E-state index is 3.33. The number of rotatable bonds is 5. The monoisotopic (exact) mass is 267 g/mol. The molecule has 106 valence electrons. The quantitative estimate of drug-likeness (QED) is 0.833. The average Bonchev–Trinajstić information content (AvgIpc) is 2.48. The van der Waals surface area contributed by atoms with Gasteiger partial charge in [-0.05, 0) is 42.5 Å². The number of hydrogen-bond donors (Lipinski definition) is 1. The van der Waals surface area contributed by atoms with Crippen LogP contribution in [0, 0.1) is 0 Å². The van der Waals surface area contributed by atoms with Gasteiger partial charge in [0.05, 0.1) is 0 Å². The fourth-order valence-electron chi connectivity index (χ4n) is 2.73. The molecule has 1 unspecified atom stereocenters. The minimum atomic E-state index is 0.192. The van der Waals surface area contributed by atoms with Gasteiger partial charge in [-0.2, -0.15) is 0 Å². The molecule has 0 radical (unpaired) electrons. The molecule has 2 aromatic rings. The zero-order chi connectivity index (χ0) is 14.6. The first-order valence-electron chi connectivity index (χ1n) is 7.36. The van der Waals surface area contributed by atoms with E-state index in [4.69, 9.17) is 0 Å². The van der Waals surface area contributed by atoms with E-state index in [2.05, 4.69) is 80.7 Å². The highest BCUT2D eigenvalue weighted by molar-refractivity contribution is 5.63. The Balaban J connectivity index is 2.20. The molecular weight excluding hydrogens is 242 g/mol. The van der Waals surface area contributed by atoms with Crippen molar-refractivity contribution < 1.29 is 0 Å². The van der Waals surface area contributed by atoms with Gasteiger partial charge in [0.1, 0.15) is 0 Å². The zero-order valence-electron chi connectivity index (χ0n) is 13.0. The van der Waals surface area contributed by atoms with Crippen molar-refractivity contribution in [1.29, 1.82) is 0 Å². The fourth-order valence-corrected chi connectivity index (χ4v) is 2.73. The lowest BCUT2D eigenvalue weighted by Gasteiger charge is -2.28. The average molecular weight is 267 g/mol. The molecule has 0 aliphatic heterocycles. The van der Waals surface area contributed by atoms with E-state index in [9.17, 15) is 0 Å². The van der Waals surface area contributed by atoms with E-state index in [1.54, 1.807) is 0 Å². The lowest BCUT2D eigenvalue weighted by atomic mass is 9.79. The van der Waals surface area contributed by atoms with Gasteiger partial charge in [0.2, 0.25) is 0 Å². The van der Waals surface area contributed by atoms with E-state index in [1.807, 2.05) is 7.05 Å². The van der Waals surface area contributed by atoms with Crippen molar-refractivity contribution in [2.75, 3.05) is 7.05 Å². The predicted molar refractivity (Wildman–Crippen MR) is 88.0 cm³/mol. The molecule has 1 N–H and O–H groups in total. The topological polar surface area (TPSA) is 12.0 Å². The summed E-state index contributed by atoms with van der Waals surface area (Å²) < 4.78 is 0. The van der Waals surface area contributed by atoms with E-state index in [0.717, 1.165) is 6.42 Å². The minimum absolute atomic E-state index is 0.192. The summed E-state index contributed by atoms with van der Waals surface area (Å²) in [5.41, 5.74) is 4.16. The third-order valence-corrected chi connectivity index (χ3v) is 4.08. The molecule has 0 aliphatic rings. The Morgan fingerprint density at radius 2 is 1.45 bits per heavy atom. The van der Waals surface area contributed by atoms with E-state index in [-0.39, 0.29) is 5.41 Å². The van der Waals surface area contributed by atoms with Crippen LogP contribution in [0.3, 0.4) is 0 Å². The third kappa shape index (κ3) is 3.49. The zero-order valence-corrected chi connectivity index (χ0v) is 13.0. The summed E-state index contributed by atoms with van der Waals surface area (Å²) in [6.45, 7) is 6.87. The second kappa shape index (κ2) is 6.23. The molecule has 1 atom stereocenters. The molecule has 1 heteroatoms. The van der Waals surface area contributed by atoms with Crippen LogP contribution in [0.25, 0.3) is 11.1 Å². The highest BCUT2D eigenvalue weighted by atomic mass is 14.9. The largest absolute Gasteiger partial charge is 0.317 e. The van der Waals surface area contributed by atoms with Crippen molar-refractivity contribution in [3.05, 3.63) is 60.2 Å². The molecule has 2 rings (SSSR count). The van der Waals surface area contributed by atoms with Gasteiger partial charge < -0.3 is 5.32 Å². The van der Waals surface area contributed by atoms with E-state index in [1.165, 1.54) is 16.7 Å². The molecule has 2 aromatic carbocycles. The van der Waals surface area contributed by atoms with Gasteiger partial charge in [-0.15, -0.1) is 0 Å². The highest BCUT2D eigenvalue weighted by Gasteiger charge is 2.22. The van der Waals surface area contributed by atoms with Crippen LogP contribution in [0.5, 0.6) is 0 Å². The Morgan fingerprint density at radius 3 is 2.00 bits per heavy atom. The number of benzene rings is 2. The van der Waals surface area contributed by atoms with Crippen LogP contribution >= 0.6 is 0 Å². The summed E-state index contributed by atoms with van der Waals surface area (Å²) in [7, 11) is 2.03. The summed E-state index contributed by atoms with van der Waals surface area (Å²) >= 11 is 0. The van der Waals surface area contributed by atoms with Crippen LogP contribution in [0.15, 0.2) is 54.6 Å². The van der Waals surface area contributed by atoms with Crippen LogP contribution in [-0.4, -0.2) is 13.1 Å². The predicted octanol–water partition coefficient (Wildman–Crippen LogP) is 4.63. The molecule has 1 nitrogen and oxygen atoms in total. The van der Waals surface area contributed by atoms with Gasteiger partial charge in [0, 0.05) is 6.04 Å². The molecule has 0 amide bonds. The van der Waals surface area contributed by atoms with E-state index < -0.39 is 0 Å². The Kier molecular flexibility index (Phi) is 4.61. The maximum absolute atomic E-state index is 3.33. The second-order valence-corrected chi connectivity index (χ2v) is 6.22. The molecule has 0 saturated carbocycles. The van der Waals surface area contributed by atoms with E-state index >= 15 is 0 Å². The Hall–Kier alpha value is -1.60. The summed E-state index contributed by atoms with van der Waals surface area (Å²) in [6.07, 6.45) is 1.13. The smallest absolute Gasteiger partial charge is 0.00440 e. The van der Waals surface area contributed by atoms with Gasteiger partial charge in [-0.1, -0.05) is 68.4 Å². The molecule has 0 heterocycles. The van der Waals surface area contributed by atoms with Gasteiger partial charge in [0.25, 0.3) is 0 Å². The lowest BCUT2D eigenvalue weighted by molar-refractivity contribution is 0.405. The molecule has 20 heavy (non-hydrogen) atoms. The lowest BCUT2D eigenvalue weighted by Crippen LogP contribution is -2.30. The van der Waals surface area contributed by atoms with Crippen molar-refractivity contribution in [2.45, 2.75) is 38.6 Å². The van der Waals surface area contributed by atoms with Crippen LogP contribution in [0.1, 0.15) is 32.8 Å². The summed E-state index contributed by atoms with van der Waals surface area (Å²) in [6, 6.07) is 20.1. The first-order chi connectivity index (χ1) is 9.53. The Bertz CT molecular complexity index is 525. The number of nitrogens with one attached hydrogen (secondary N) is 1. The highest BCUT2D eigenvalue weighted by Crippen LogP contribution is 2.30. The molecule has 0 aromatic heterocycles. The summed E-state index contributed by atoms with van der Waals surface area (Å²) in [5, 5.41) is 3.33. The molecule has 0 bridgehead atoms. The summed E-state index contributed by atoms with van der Waals surface area (Å²) in [5.74, 6) is 0. The first kappa shape index (κ1) is 14.8. The first-order valence-corrected chi connectivity index (χ1v) is 7.36.